The maximum absolute atomic E-state index is 11.2. The predicted molar refractivity (Wildman–Crippen MR) is 55.1 cm³/mol. The second kappa shape index (κ2) is 3.74. The molecule has 0 aliphatic carbocycles. The number of pyridine rings is 1. The Bertz CT molecular complexity index is 388. The molecule has 1 amide bonds. The van der Waals surface area contributed by atoms with Gasteiger partial charge in [-0.05, 0) is 12.5 Å². The van der Waals surface area contributed by atoms with E-state index in [0.717, 1.165) is 6.42 Å². The highest BCUT2D eigenvalue weighted by atomic mass is 16.7. The Labute approximate surface area is 86.8 Å². The van der Waals surface area contributed by atoms with E-state index in [1.165, 1.54) is 12.3 Å². The molecule has 6 nitrogen and oxygen atoms in total. The maximum atomic E-state index is 11.2. The van der Waals surface area contributed by atoms with Crippen molar-refractivity contribution in [2.75, 3.05) is 23.9 Å². The van der Waals surface area contributed by atoms with Crippen LogP contribution in [-0.4, -0.2) is 24.0 Å². The number of carbonyl (C=O) groups excluding carboxylic acids is 1. The summed E-state index contributed by atoms with van der Waals surface area (Å²) in [5, 5.41) is 1.57. The first-order valence-corrected chi connectivity index (χ1v) is 4.64. The zero-order chi connectivity index (χ0) is 10.8. The lowest BCUT2D eigenvalue weighted by atomic mass is 10.2. The topological polar surface area (TPSA) is 94.5 Å². The van der Waals surface area contributed by atoms with Gasteiger partial charge in [-0.15, -0.1) is 0 Å². The smallest absolute Gasteiger partial charge is 0.252 e. The average Bonchev–Trinajstić information content (AvgIpc) is 2.70. The van der Waals surface area contributed by atoms with Crippen LogP contribution in [0.2, 0.25) is 0 Å². The second-order valence-electron chi connectivity index (χ2n) is 3.29. The summed E-state index contributed by atoms with van der Waals surface area (Å²) in [5.41, 5.74) is 11.5. The molecule has 0 spiro atoms. The minimum Gasteiger partial charge on any atom is -0.397 e. The molecule has 4 N–H and O–H groups in total. The van der Waals surface area contributed by atoms with Crippen molar-refractivity contribution in [2.24, 2.45) is 5.73 Å². The summed E-state index contributed by atoms with van der Waals surface area (Å²) in [6.45, 7) is 1.33. The minimum atomic E-state index is -0.555. The van der Waals surface area contributed by atoms with Crippen LogP contribution in [-0.2, 0) is 4.84 Å². The Kier molecular flexibility index (Phi) is 2.42. The zero-order valence-electron chi connectivity index (χ0n) is 8.14. The quantitative estimate of drug-likeness (QED) is 0.708. The normalized spacial score (nSPS) is 15.6. The molecule has 6 heteroatoms. The molecule has 1 aromatic rings. The van der Waals surface area contributed by atoms with Crippen LogP contribution in [0.25, 0.3) is 0 Å². The number of nitrogens with zero attached hydrogens (tertiary/aromatic N) is 2. The largest absolute Gasteiger partial charge is 0.397 e. The molecule has 0 saturated carbocycles. The molecular formula is C9H12N4O2. The highest BCUT2D eigenvalue weighted by molar-refractivity contribution is 5.98. The van der Waals surface area contributed by atoms with E-state index in [0.29, 0.717) is 24.7 Å². The summed E-state index contributed by atoms with van der Waals surface area (Å²) in [6, 6.07) is 1.51. The third kappa shape index (κ3) is 1.84. The van der Waals surface area contributed by atoms with Crippen LogP contribution in [0.1, 0.15) is 16.8 Å². The number of nitrogen functional groups attached to an aromatic ring is 1. The molecule has 1 fully saturated rings. The number of amides is 1. The Balaban J connectivity index is 2.40. The number of hydrogen-bond acceptors (Lipinski definition) is 5. The van der Waals surface area contributed by atoms with Crippen LogP contribution < -0.4 is 16.5 Å². The summed E-state index contributed by atoms with van der Waals surface area (Å²) in [7, 11) is 0. The molecule has 0 aromatic carbocycles. The lowest BCUT2D eigenvalue weighted by Gasteiger charge is -2.17. The van der Waals surface area contributed by atoms with Crippen molar-refractivity contribution in [3.63, 3.8) is 0 Å². The molecule has 1 aromatic heterocycles. The lowest BCUT2D eigenvalue weighted by molar-refractivity contribution is 0.0996. The number of anilines is 2. The van der Waals surface area contributed by atoms with Crippen molar-refractivity contribution >= 4 is 17.4 Å². The minimum absolute atomic E-state index is 0.289. The van der Waals surface area contributed by atoms with Crippen molar-refractivity contribution in [1.82, 2.24) is 4.98 Å². The molecule has 1 aliphatic heterocycles. The molecular weight excluding hydrogens is 196 g/mol. The number of primary amides is 1. The van der Waals surface area contributed by atoms with Crippen molar-refractivity contribution in [3.8, 4) is 0 Å². The van der Waals surface area contributed by atoms with E-state index < -0.39 is 5.91 Å². The molecule has 2 heterocycles. The van der Waals surface area contributed by atoms with Crippen LogP contribution in [0.3, 0.4) is 0 Å². The van der Waals surface area contributed by atoms with Crippen molar-refractivity contribution in [2.45, 2.75) is 6.42 Å². The van der Waals surface area contributed by atoms with Gasteiger partial charge in [0, 0.05) is 6.54 Å². The van der Waals surface area contributed by atoms with Crippen LogP contribution in [0.15, 0.2) is 12.3 Å². The van der Waals surface area contributed by atoms with Gasteiger partial charge in [0.15, 0.2) is 5.82 Å². The molecule has 2 rings (SSSR count). The van der Waals surface area contributed by atoms with E-state index in [4.69, 9.17) is 16.3 Å². The average molecular weight is 208 g/mol. The van der Waals surface area contributed by atoms with Gasteiger partial charge in [0.05, 0.1) is 24.1 Å². The third-order valence-corrected chi connectivity index (χ3v) is 2.14. The SMILES string of the molecule is NC(=O)c1cc(N)cnc1N1CCCO1. The number of aromatic nitrogens is 1. The van der Waals surface area contributed by atoms with Gasteiger partial charge in [-0.1, -0.05) is 0 Å². The van der Waals surface area contributed by atoms with Gasteiger partial charge in [-0.3, -0.25) is 9.63 Å². The molecule has 0 unspecified atom stereocenters. The van der Waals surface area contributed by atoms with Crippen molar-refractivity contribution in [3.05, 3.63) is 17.8 Å². The predicted octanol–water partition coefficient (Wildman–Crippen LogP) is -0.0956. The molecule has 15 heavy (non-hydrogen) atoms. The van der Waals surface area contributed by atoms with Gasteiger partial charge in [0.2, 0.25) is 0 Å². The van der Waals surface area contributed by atoms with Crippen molar-refractivity contribution in [1.29, 1.82) is 0 Å². The monoisotopic (exact) mass is 208 g/mol. The summed E-state index contributed by atoms with van der Waals surface area (Å²) in [5.74, 6) is -0.116. The van der Waals surface area contributed by atoms with Crippen molar-refractivity contribution < 1.29 is 9.63 Å². The van der Waals surface area contributed by atoms with E-state index >= 15 is 0 Å². The van der Waals surface area contributed by atoms with Gasteiger partial charge in [-0.2, -0.15) is 0 Å². The van der Waals surface area contributed by atoms with Gasteiger partial charge in [0.1, 0.15) is 0 Å². The number of carbonyl (C=O) groups is 1. The fraction of sp³-hybridized carbons (Fsp3) is 0.333. The molecule has 80 valence electrons. The Morgan fingerprint density at radius 3 is 3.00 bits per heavy atom. The Morgan fingerprint density at radius 1 is 1.60 bits per heavy atom. The Morgan fingerprint density at radius 2 is 2.40 bits per heavy atom. The summed E-state index contributed by atoms with van der Waals surface area (Å²) in [4.78, 5) is 20.5. The first-order valence-electron chi connectivity index (χ1n) is 4.64. The highest BCUT2D eigenvalue weighted by Crippen LogP contribution is 2.22. The highest BCUT2D eigenvalue weighted by Gasteiger charge is 2.20. The first kappa shape index (κ1) is 9.72. The first-order chi connectivity index (χ1) is 7.18. The number of hydroxylamine groups is 1. The van der Waals surface area contributed by atoms with E-state index in [1.54, 1.807) is 5.06 Å². The van der Waals surface area contributed by atoms with Crippen LogP contribution >= 0.6 is 0 Å². The van der Waals surface area contributed by atoms with E-state index in [9.17, 15) is 4.79 Å². The van der Waals surface area contributed by atoms with Crippen LogP contribution in [0.5, 0.6) is 0 Å². The van der Waals surface area contributed by atoms with Gasteiger partial charge < -0.3 is 11.5 Å². The summed E-state index contributed by atoms with van der Waals surface area (Å²) >= 11 is 0. The van der Waals surface area contributed by atoms with E-state index in [1.807, 2.05) is 0 Å². The number of hydrogen-bond donors (Lipinski definition) is 2. The van der Waals surface area contributed by atoms with Gasteiger partial charge in [0.25, 0.3) is 5.91 Å². The molecule has 1 saturated heterocycles. The molecule has 0 bridgehead atoms. The summed E-state index contributed by atoms with van der Waals surface area (Å²) < 4.78 is 0. The number of nitrogens with two attached hydrogens (primary N) is 2. The summed E-state index contributed by atoms with van der Waals surface area (Å²) in [6.07, 6.45) is 2.38. The van der Waals surface area contributed by atoms with Crippen LogP contribution in [0.4, 0.5) is 11.5 Å². The standard InChI is InChI=1S/C9H12N4O2/c10-6-4-7(8(11)14)9(12-5-6)13-2-1-3-15-13/h4-5H,1-3,10H2,(H2,11,14). The lowest BCUT2D eigenvalue weighted by Crippen LogP contribution is -2.23. The molecule has 0 radical (unpaired) electrons. The fourth-order valence-electron chi connectivity index (χ4n) is 1.47. The van der Waals surface area contributed by atoms with Crippen LogP contribution in [0, 0.1) is 0 Å². The van der Waals surface area contributed by atoms with E-state index in [2.05, 4.69) is 4.98 Å². The van der Waals surface area contributed by atoms with E-state index in [-0.39, 0.29) is 5.56 Å². The fourth-order valence-corrected chi connectivity index (χ4v) is 1.47. The molecule has 1 aliphatic rings. The number of rotatable bonds is 2. The van der Waals surface area contributed by atoms with Gasteiger partial charge in [-0.25, -0.2) is 10.0 Å². The third-order valence-electron chi connectivity index (χ3n) is 2.14. The molecule has 0 atom stereocenters. The Hall–Kier alpha value is -1.82. The van der Waals surface area contributed by atoms with Gasteiger partial charge >= 0.3 is 0 Å². The second-order valence-corrected chi connectivity index (χ2v) is 3.29. The maximum Gasteiger partial charge on any atom is 0.252 e. The zero-order valence-corrected chi connectivity index (χ0v) is 8.14.